The van der Waals surface area contributed by atoms with Crippen LogP contribution >= 0.6 is 0 Å². The zero-order chi connectivity index (χ0) is 17.2. The molecule has 0 amide bonds. The fraction of sp³-hybridized carbons (Fsp3) is 0.0952. The van der Waals surface area contributed by atoms with Crippen molar-refractivity contribution in [3.63, 3.8) is 0 Å². The molecule has 0 bridgehead atoms. The molecule has 0 spiro atoms. The number of allylic oxidation sites excluding steroid dienone is 7. The standard InChI is InChI=1S/C16H16O3.C5H5.Fe/c1-18-15-10-8-13(11-16(15)19-2)14(17)9-7-12-5-3-4-6-12;1-2-4-5-3-1;/h3-11,17H,1-2H3;1-5H;/q;-1;+2/p-1/b14-9-;;. The van der Waals surface area contributed by atoms with Gasteiger partial charge in [0.1, 0.15) is 0 Å². The van der Waals surface area contributed by atoms with Gasteiger partial charge in [0, 0.05) is 0 Å². The van der Waals surface area contributed by atoms with Gasteiger partial charge < -0.3 is 14.6 Å². The fourth-order valence-electron chi connectivity index (χ4n) is 2.08. The summed E-state index contributed by atoms with van der Waals surface area (Å²) in [6.45, 7) is 0. The van der Waals surface area contributed by atoms with Gasteiger partial charge in [-0.3, -0.25) is 0 Å². The molecule has 0 N–H and O–H groups in total. The van der Waals surface area contributed by atoms with Crippen LogP contribution in [0.25, 0.3) is 5.76 Å². The summed E-state index contributed by atoms with van der Waals surface area (Å²) in [5.74, 6) is 1.09. The first-order chi connectivity index (χ1) is 11.7. The molecule has 0 aliphatic heterocycles. The number of methoxy groups -OCH3 is 2. The van der Waals surface area contributed by atoms with Gasteiger partial charge in [-0.25, -0.2) is 12.1 Å². The van der Waals surface area contributed by atoms with Gasteiger partial charge in [-0.05, 0) is 23.3 Å². The Morgan fingerprint density at radius 2 is 1.64 bits per heavy atom. The maximum atomic E-state index is 12.0. The monoisotopic (exact) mass is 376 g/mol. The fourth-order valence-corrected chi connectivity index (χ4v) is 2.08. The summed E-state index contributed by atoms with van der Waals surface area (Å²) in [5, 5.41) is 12.0. The minimum Gasteiger partial charge on any atom is -0.872 e. The summed E-state index contributed by atoms with van der Waals surface area (Å²) in [5.41, 5.74) is 1.58. The van der Waals surface area contributed by atoms with E-state index in [9.17, 15) is 5.11 Å². The van der Waals surface area contributed by atoms with Crippen LogP contribution in [0.5, 0.6) is 11.5 Å². The molecule has 0 aromatic heterocycles. The van der Waals surface area contributed by atoms with Crippen molar-refractivity contribution in [1.82, 2.24) is 0 Å². The Morgan fingerprint density at radius 3 is 2.16 bits per heavy atom. The van der Waals surface area contributed by atoms with Gasteiger partial charge >= 0.3 is 17.1 Å². The van der Waals surface area contributed by atoms with Crippen LogP contribution in [0.1, 0.15) is 5.56 Å². The normalized spacial score (nSPS) is 12.1. The predicted octanol–water partition coefficient (Wildman–Crippen LogP) is 3.86. The minimum atomic E-state index is -0.0675. The van der Waals surface area contributed by atoms with E-state index in [0.717, 1.165) is 5.57 Å². The Bertz CT molecular complexity index is 722. The molecule has 130 valence electrons. The van der Waals surface area contributed by atoms with E-state index < -0.39 is 0 Å². The average molecular weight is 376 g/mol. The number of hydrogen-bond donors (Lipinski definition) is 0. The third-order valence-electron chi connectivity index (χ3n) is 3.34. The first-order valence-corrected chi connectivity index (χ1v) is 7.57. The number of ether oxygens (including phenoxy) is 2. The molecule has 0 unspecified atom stereocenters. The van der Waals surface area contributed by atoms with E-state index in [1.54, 1.807) is 44.6 Å². The first kappa shape index (κ1) is 20.5. The smallest absolute Gasteiger partial charge is 0.872 e. The summed E-state index contributed by atoms with van der Waals surface area (Å²) in [6.07, 6.45) is 11.1. The number of benzene rings is 1. The summed E-state index contributed by atoms with van der Waals surface area (Å²) in [4.78, 5) is 0. The molecule has 3 rings (SSSR count). The third kappa shape index (κ3) is 6.46. The first-order valence-electron chi connectivity index (χ1n) is 7.57. The molecule has 1 aliphatic rings. The molecule has 4 heteroatoms. The molecule has 2 aromatic carbocycles. The average Bonchev–Trinajstić information content (AvgIpc) is 3.35. The van der Waals surface area contributed by atoms with Crippen LogP contribution in [0.15, 0.2) is 90.6 Å². The largest absolute Gasteiger partial charge is 2.00 e. The van der Waals surface area contributed by atoms with Crippen molar-refractivity contribution in [2.24, 2.45) is 0 Å². The zero-order valence-corrected chi connectivity index (χ0v) is 15.3. The van der Waals surface area contributed by atoms with Crippen molar-refractivity contribution in [3.8, 4) is 11.5 Å². The summed E-state index contributed by atoms with van der Waals surface area (Å²) >= 11 is 0. The molecule has 3 nitrogen and oxygen atoms in total. The van der Waals surface area contributed by atoms with Crippen LogP contribution in [-0.2, 0) is 17.1 Å². The van der Waals surface area contributed by atoms with Gasteiger partial charge in [0.05, 0.1) is 14.2 Å². The molecule has 2 aromatic rings. The van der Waals surface area contributed by atoms with E-state index in [1.165, 1.54) is 0 Å². The second-order valence-corrected chi connectivity index (χ2v) is 4.95. The van der Waals surface area contributed by atoms with Crippen LogP contribution < -0.4 is 14.6 Å². The Hall–Kier alpha value is -2.55. The molecule has 0 atom stereocenters. The maximum Gasteiger partial charge on any atom is 2.00 e. The van der Waals surface area contributed by atoms with E-state index >= 15 is 0 Å². The number of rotatable bonds is 4. The predicted molar refractivity (Wildman–Crippen MR) is 95.9 cm³/mol. The third-order valence-corrected chi connectivity index (χ3v) is 3.34. The van der Waals surface area contributed by atoms with Crippen LogP contribution in [-0.4, -0.2) is 14.2 Å². The second-order valence-electron chi connectivity index (χ2n) is 4.95. The van der Waals surface area contributed by atoms with Gasteiger partial charge in [0.2, 0.25) is 0 Å². The molecule has 0 radical (unpaired) electrons. The van der Waals surface area contributed by atoms with Crippen LogP contribution in [0.3, 0.4) is 0 Å². The van der Waals surface area contributed by atoms with Crippen molar-refractivity contribution in [3.05, 3.63) is 96.1 Å². The van der Waals surface area contributed by atoms with E-state index in [1.807, 2.05) is 54.6 Å². The molecule has 25 heavy (non-hydrogen) atoms. The Morgan fingerprint density at radius 1 is 1.00 bits per heavy atom. The molecule has 0 heterocycles. The van der Waals surface area contributed by atoms with E-state index in [-0.39, 0.29) is 22.8 Å². The zero-order valence-electron chi connectivity index (χ0n) is 14.2. The molecular weight excluding hydrogens is 356 g/mol. The van der Waals surface area contributed by atoms with Crippen molar-refractivity contribution in [1.29, 1.82) is 0 Å². The van der Waals surface area contributed by atoms with Crippen molar-refractivity contribution < 1.29 is 31.6 Å². The Balaban J connectivity index is 0.000000448. The Labute approximate surface area is 159 Å². The van der Waals surface area contributed by atoms with E-state index in [4.69, 9.17) is 9.47 Å². The van der Waals surface area contributed by atoms with Crippen LogP contribution in [0.2, 0.25) is 0 Å². The van der Waals surface area contributed by atoms with Crippen molar-refractivity contribution in [2.75, 3.05) is 14.2 Å². The van der Waals surface area contributed by atoms with Gasteiger partial charge in [-0.2, -0.15) is 18.2 Å². The van der Waals surface area contributed by atoms with Crippen LogP contribution in [0.4, 0.5) is 0 Å². The summed E-state index contributed by atoms with van der Waals surface area (Å²) in [6, 6.07) is 15.1. The van der Waals surface area contributed by atoms with Gasteiger partial charge in [0.25, 0.3) is 0 Å². The maximum absolute atomic E-state index is 12.0. The van der Waals surface area contributed by atoms with Gasteiger partial charge in [-0.1, -0.05) is 42.5 Å². The summed E-state index contributed by atoms with van der Waals surface area (Å²) < 4.78 is 10.3. The molecular formula is C21H20FeO3. The quantitative estimate of drug-likeness (QED) is 0.462. The van der Waals surface area contributed by atoms with Crippen LogP contribution in [0, 0.1) is 0 Å². The van der Waals surface area contributed by atoms with Crippen molar-refractivity contribution >= 4 is 5.76 Å². The molecule has 0 saturated heterocycles. The minimum absolute atomic E-state index is 0. The second kappa shape index (κ2) is 11.1. The van der Waals surface area contributed by atoms with Crippen molar-refractivity contribution in [2.45, 2.75) is 0 Å². The molecule has 0 fully saturated rings. The molecule has 1 aliphatic carbocycles. The topological polar surface area (TPSA) is 41.5 Å². The Kier molecular flexibility index (Phi) is 9.08. The van der Waals surface area contributed by atoms with E-state index in [0.29, 0.717) is 17.1 Å². The summed E-state index contributed by atoms with van der Waals surface area (Å²) in [7, 11) is 3.11. The molecule has 0 saturated carbocycles. The number of hydrogen-bond acceptors (Lipinski definition) is 3. The van der Waals surface area contributed by atoms with E-state index in [2.05, 4.69) is 0 Å². The van der Waals surface area contributed by atoms with Gasteiger partial charge in [0.15, 0.2) is 11.5 Å². The SMILES string of the molecule is COc1ccc(/C([O-])=C/C=C2C=CC=C2)cc1OC.[Fe+2].c1cc[cH-]c1. The van der Waals surface area contributed by atoms with Gasteiger partial charge in [-0.15, -0.1) is 5.76 Å².